The van der Waals surface area contributed by atoms with E-state index in [-0.39, 0.29) is 6.04 Å². The van der Waals surface area contributed by atoms with Gasteiger partial charge in [-0.25, -0.2) is 13.1 Å². The maximum atomic E-state index is 12.8. The standard InChI is InChI=1S/C21H24F3N3O3S/c22-21(23,24)17-9-6-10-18(13-17)31(29,30)26-15-20(28)25-14-19(27-11-4-5-12-27)16-7-2-1-3-8-16/h1-3,6-10,13,19,26H,4-5,11-12,14-15H2,(H,25,28). The molecule has 2 aromatic carbocycles. The molecule has 1 unspecified atom stereocenters. The Morgan fingerprint density at radius 1 is 1.03 bits per heavy atom. The van der Waals surface area contributed by atoms with Gasteiger partial charge in [-0.05, 0) is 49.7 Å². The number of sulfonamides is 1. The number of rotatable bonds is 8. The van der Waals surface area contributed by atoms with Crippen LogP contribution < -0.4 is 10.0 Å². The Balaban J connectivity index is 1.60. The fourth-order valence-electron chi connectivity index (χ4n) is 3.54. The largest absolute Gasteiger partial charge is 0.416 e. The van der Waals surface area contributed by atoms with Crippen LogP contribution in [-0.2, 0) is 21.0 Å². The summed E-state index contributed by atoms with van der Waals surface area (Å²) in [6.45, 7) is 1.56. The highest BCUT2D eigenvalue weighted by atomic mass is 32.2. The molecule has 0 saturated carbocycles. The molecule has 1 aliphatic rings. The summed E-state index contributed by atoms with van der Waals surface area (Å²) in [6, 6.07) is 13.1. The molecule has 1 atom stereocenters. The molecule has 0 aromatic heterocycles. The Labute approximate surface area is 179 Å². The maximum absolute atomic E-state index is 12.8. The second-order valence-electron chi connectivity index (χ2n) is 7.32. The van der Waals surface area contributed by atoms with Gasteiger partial charge < -0.3 is 5.32 Å². The molecule has 2 aromatic rings. The quantitative estimate of drug-likeness (QED) is 0.642. The van der Waals surface area contributed by atoms with E-state index < -0.39 is 39.1 Å². The lowest BCUT2D eigenvalue weighted by Crippen LogP contribution is -2.41. The molecule has 2 N–H and O–H groups in total. The van der Waals surface area contributed by atoms with Crippen LogP contribution in [0.1, 0.15) is 30.0 Å². The number of amides is 1. The summed E-state index contributed by atoms with van der Waals surface area (Å²) in [6.07, 6.45) is -2.51. The van der Waals surface area contributed by atoms with Crippen molar-refractivity contribution in [2.75, 3.05) is 26.2 Å². The highest BCUT2D eigenvalue weighted by Gasteiger charge is 2.31. The van der Waals surface area contributed by atoms with Crippen LogP contribution in [0.4, 0.5) is 13.2 Å². The number of carbonyl (C=O) groups excluding carboxylic acids is 1. The lowest BCUT2D eigenvalue weighted by Gasteiger charge is -2.28. The number of hydrogen-bond donors (Lipinski definition) is 2. The lowest BCUT2D eigenvalue weighted by atomic mass is 10.1. The van der Waals surface area contributed by atoms with Crippen LogP contribution in [-0.4, -0.2) is 45.4 Å². The third-order valence-corrected chi connectivity index (χ3v) is 6.55. The van der Waals surface area contributed by atoms with Crippen molar-refractivity contribution >= 4 is 15.9 Å². The number of hydrogen-bond acceptors (Lipinski definition) is 4. The first kappa shape index (κ1) is 23.2. The molecule has 0 spiro atoms. The second-order valence-corrected chi connectivity index (χ2v) is 9.09. The molecular formula is C21H24F3N3O3S. The molecular weight excluding hydrogens is 431 g/mol. The van der Waals surface area contributed by atoms with E-state index in [9.17, 15) is 26.4 Å². The fraction of sp³-hybridized carbons (Fsp3) is 0.381. The van der Waals surface area contributed by atoms with E-state index >= 15 is 0 Å². The van der Waals surface area contributed by atoms with Gasteiger partial charge in [0.1, 0.15) is 0 Å². The average molecular weight is 456 g/mol. The Morgan fingerprint density at radius 2 is 1.71 bits per heavy atom. The van der Waals surface area contributed by atoms with E-state index in [1.165, 1.54) is 0 Å². The molecule has 1 fully saturated rings. The number of alkyl halides is 3. The predicted octanol–water partition coefficient (Wildman–Crippen LogP) is 2.94. The van der Waals surface area contributed by atoms with Gasteiger partial charge in [0, 0.05) is 6.54 Å². The second kappa shape index (κ2) is 9.80. The number of nitrogens with zero attached hydrogens (tertiary/aromatic N) is 1. The van der Waals surface area contributed by atoms with E-state index in [0.29, 0.717) is 12.6 Å². The molecule has 0 radical (unpaired) electrons. The molecule has 0 bridgehead atoms. The van der Waals surface area contributed by atoms with Crippen molar-refractivity contribution in [3.05, 3.63) is 65.7 Å². The van der Waals surface area contributed by atoms with Gasteiger partial charge in [0.2, 0.25) is 15.9 Å². The van der Waals surface area contributed by atoms with Crippen LogP contribution in [0.25, 0.3) is 0 Å². The van der Waals surface area contributed by atoms with Crippen LogP contribution in [0.5, 0.6) is 0 Å². The first-order chi connectivity index (χ1) is 14.7. The van der Waals surface area contributed by atoms with Crippen LogP contribution in [0.15, 0.2) is 59.5 Å². The average Bonchev–Trinajstić information content (AvgIpc) is 3.27. The van der Waals surface area contributed by atoms with E-state index in [1.807, 2.05) is 30.3 Å². The van der Waals surface area contributed by atoms with Gasteiger partial charge in [-0.2, -0.15) is 13.2 Å². The van der Waals surface area contributed by atoms with Gasteiger partial charge in [0.05, 0.1) is 23.0 Å². The van der Waals surface area contributed by atoms with Crippen molar-refractivity contribution in [3.8, 4) is 0 Å². The molecule has 1 heterocycles. The maximum Gasteiger partial charge on any atom is 0.416 e. The SMILES string of the molecule is O=C(CNS(=O)(=O)c1cccc(C(F)(F)F)c1)NCC(c1ccccc1)N1CCCC1. The Hall–Kier alpha value is -2.43. The molecule has 10 heteroatoms. The van der Waals surface area contributed by atoms with E-state index in [2.05, 4.69) is 14.9 Å². The first-order valence-electron chi connectivity index (χ1n) is 9.89. The number of halogens is 3. The summed E-state index contributed by atoms with van der Waals surface area (Å²) in [5.41, 5.74) is -0.0228. The van der Waals surface area contributed by atoms with E-state index in [1.54, 1.807) is 0 Å². The van der Waals surface area contributed by atoms with Crippen LogP contribution in [0.3, 0.4) is 0 Å². The van der Waals surface area contributed by atoms with Gasteiger partial charge in [-0.1, -0.05) is 36.4 Å². The van der Waals surface area contributed by atoms with Crippen LogP contribution in [0.2, 0.25) is 0 Å². The monoisotopic (exact) mass is 455 g/mol. The Kier molecular flexibility index (Phi) is 7.34. The van der Waals surface area contributed by atoms with Gasteiger partial charge in [0.15, 0.2) is 0 Å². The minimum absolute atomic E-state index is 0.0345. The molecule has 0 aliphatic carbocycles. The third kappa shape index (κ3) is 6.28. The normalized spacial score (nSPS) is 16.2. The molecule has 3 rings (SSSR count). The van der Waals surface area contributed by atoms with Crippen LogP contribution in [0, 0.1) is 0 Å². The molecule has 1 aliphatic heterocycles. The van der Waals surface area contributed by atoms with Gasteiger partial charge in [0.25, 0.3) is 0 Å². The minimum Gasteiger partial charge on any atom is -0.353 e. The molecule has 6 nitrogen and oxygen atoms in total. The number of benzene rings is 2. The summed E-state index contributed by atoms with van der Waals surface area (Å²) in [4.78, 5) is 14.0. The summed E-state index contributed by atoms with van der Waals surface area (Å²) in [7, 11) is -4.27. The highest BCUT2D eigenvalue weighted by Crippen LogP contribution is 2.30. The Bertz CT molecular complexity index is 992. The zero-order valence-electron chi connectivity index (χ0n) is 16.7. The minimum atomic E-state index is -4.66. The van der Waals surface area contributed by atoms with Crippen molar-refractivity contribution in [1.82, 2.24) is 14.9 Å². The number of likely N-dealkylation sites (tertiary alicyclic amines) is 1. The smallest absolute Gasteiger partial charge is 0.353 e. The van der Waals surface area contributed by atoms with E-state index in [4.69, 9.17) is 0 Å². The zero-order chi connectivity index (χ0) is 22.5. The first-order valence-corrected chi connectivity index (χ1v) is 11.4. The molecule has 168 valence electrons. The summed E-state index contributed by atoms with van der Waals surface area (Å²) in [5, 5.41) is 2.73. The van der Waals surface area contributed by atoms with Crippen molar-refractivity contribution in [2.24, 2.45) is 0 Å². The molecule has 1 saturated heterocycles. The highest BCUT2D eigenvalue weighted by molar-refractivity contribution is 7.89. The van der Waals surface area contributed by atoms with Crippen molar-refractivity contribution in [2.45, 2.75) is 30.0 Å². The molecule has 31 heavy (non-hydrogen) atoms. The topological polar surface area (TPSA) is 78.5 Å². The number of nitrogens with one attached hydrogen (secondary N) is 2. The molecule has 1 amide bonds. The van der Waals surface area contributed by atoms with Crippen LogP contribution >= 0.6 is 0 Å². The van der Waals surface area contributed by atoms with Crippen molar-refractivity contribution in [1.29, 1.82) is 0 Å². The number of carbonyl (C=O) groups is 1. The summed E-state index contributed by atoms with van der Waals surface area (Å²) >= 11 is 0. The Morgan fingerprint density at radius 3 is 2.35 bits per heavy atom. The van der Waals surface area contributed by atoms with Crippen molar-refractivity contribution in [3.63, 3.8) is 0 Å². The van der Waals surface area contributed by atoms with E-state index in [0.717, 1.165) is 49.7 Å². The van der Waals surface area contributed by atoms with Crippen molar-refractivity contribution < 1.29 is 26.4 Å². The van der Waals surface area contributed by atoms with Gasteiger partial charge in [-0.3, -0.25) is 9.69 Å². The fourth-order valence-corrected chi connectivity index (χ4v) is 4.57. The summed E-state index contributed by atoms with van der Waals surface area (Å²) < 4.78 is 65.2. The van der Waals surface area contributed by atoms with Gasteiger partial charge >= 0.3 is 6.18 Å². The predicted molar refractivity (Wildman–Crippen MR) is 110 cm³/mol. The zero-order valence-corrected chi connectivity index (χ0v) is 17.5. The lowest BCUT2D eigenvalue weighted by molar-refractivity contribution is -0.137. The third-order valence-electron chi connectivity index (χ3n) is 5.15. The van der Waals surface area contributed by atoms with Gasteiger partial charge in [-0.15, -0.1) is 0 Å². The summed E-state index contributed by atoms with van der Waals surface area (Å²) in [5.74, 6) is -0.560.